The third-order valence-electron chi connectivity index (χ3n) is 3.15. The minimum absolute atomic E-state index is 0.00730. The molecule has 1 aromatic carbocycles. The first-order valence-electron chi connectivity index (χ1n) is 6.44. The van der Waals surface area contributed by atoms with Gasteiger partial charge in [0.2, 0.25) is 0 Å². The Balaban J connectivity index is 2.32. The lowest BCUT2D eigenvalue weighted by atomic mass is 10.0. The van der Waals surface area contributed by atoms with Crippen molar-refractivity contribution in [2.75, 3.05) is 11.9 Å². The number of nitro benzene ring substituents is 1. The number of non-ortho nitro benzene ring substituents is 1. The molecule has 0 spiro atoms. The Morgan fingerprint density at radius 1 is 1.50 bits per heavy atom. The lowest BCUT2D eigenvalue weighted by Crippen LogP contribution is -2.26. The summed E-state index contributed by atoms with van der Waals surface area (Å²) in [6.07, 6.45) is 0.554. The van der Waals surface area contributed by atoms with Gasteiger partial charge in [-0.05, 0) is 18.4 Å². The van der Waals surface area contributed by atoms with Gasteiger partial charge in [0.15, 0.2) is 11.1 Å². The van der Waals surface area contributed by atoms with Gasteiger partial charge in [-0.2, -0.15) is 4.98 Å². The summed E-state index contributed by atoms with van der Waals surface area (Å²) < 4.78 is 5.48. The van der Waals surface area contributed by atoms with Gasteiger partial charge in [-0.1, -0.05) is 19.9 Å². The molecular weight excluding hydrogens is 262 g/mol. The predicted molar refractivity (Wildman–Crippen MR) is 74.6 cm³/mol. The Hall–Kier alpha value is -2.15. The van der Waals surface area contributed by atoms with Crippen LogP contribution in [0, 0.1) is 16.0 Å². The summed E-state index contributed by atoms with van der Waals surface area (Å²) in [5.74, 6) is 0.271. The van der Waals surface area contributed by atoms with Crippen LogP contribution >= 0.6 is 0 Å². The number of hydrogen-bond donors (Lipinski definition) is 2. The van der Waals surface area contributed by atoms with E-state index in [0.717, 1.165) is 0 Å². The van der Waals surface area contributed by atoms with Crippen LogP contribution in [-0.4, -0.2) is 27.7 Å². The number of rotatable bonds is 6. The van der Waals surface area contributed by atoms with Gasteiger partial charge in [-0.25, -0.2) is 0 Å². The molecule has 0 bridgehead atoms. The zero-order valence-electron chi connectivity index (χ0n) is 11.4. The molecule has 0 fully saturated rings. The number of oxazole rings is 1. The number of para-hydroxylation sites is 1. The molecule has 0 aliphatic carbocycles. The second-order valence-electron chi connectivity index (χ2n) is 4.91. The number of nitro groups is 1. The number of nitrogens with one attached hydrogen (secondary N) is 1. The molecule has 2 aromatic rings. The van der Waals surface area contributed by atoms with Crippen LogP contribution in [0.4, 0.5) is 11.7 Å². The van der Waals surface area contributed by atoms with Gasteiger partial charge in [-0.3, -0.25) is 10.1 Å². The third-order valence-corrected chi connectivity index (χ3v) is 3.15. The number of benzene rings is 1. The smallest absolute Gasteiger partial charge is 0.298 e. The van der Waals surface area contributed by atoms with E-state index in [1.165, 1.54) is 6.07 Å². The van der Waals surface area contributed by atoms with Gasteiger partial charge in [0.05, 0.1) is 4.92 Å². The molecule has 20 heavy (non-hydrogen) atoms. The molecule has 0 saturated carbocycles. The second kappa shape index (κ2) is 5.87. The minimum Gasteiger partial charge on any atom is -0.423 e. The number of aromatic nitrogens is 1. The van der Waals surface area contributed by atoms with E-state index in [4.69, 9.17) is 9.52 Å². The van der Waals surface area contributed by atoms with Crippen LogP contribution in [-0.2, 0) is 0 Å². The zero-order valence-corrected chi connectivity index (χ0v) is 11.4. The third kappa shape index (κ3) is 2.88. The highest BCUT2D eigenvalue weighted by Gasteiger charge is 2.20. The van der Waals surface area contributed by atoms with E-state index in [1.807, 2.05) is 13.8 Å². The fraction of sp³-hybridized carbons (Fsp3) is 0.462. The molecule has 0 amide bonds. The summed E-state index contributed by atoms with van der Waals surface area (Å²) in [7, 11) is 0. The molecule has 7 heteroatoms. The Bertz CT molecular complexity index is 609. The van der Waals surface area contributed by atoms with Crippen molar-refractivity contribution in [3.8, 4) is 0 Å². The van der Waals surface area contributed by atoms with Crippen LogP contribution in [0.2, 0.25) is 0 Å². The van der Waals surface area contributed by atoms with Crippen molar-refractivity contribution in [3.05, 3.63) is 28.3 Å². The van der Waals surface area contributed by atoms with Crippen LogP contribution in [0.5, 0.6) is 0 Å². The second-order valence-corrected chi connectivity index (χ2v) is 4.91. The van der Waals surface area contributed by atoms with Crippen molar-refractivity contribution >= 4 is 22.8 Å². The molecule has 7 nitrogen and oxygen atoms in total. The summed E-state index contributed by atoms with van der Waals surface area (Å²) in [4.78, 5) is 14.6. The number of aliphatic hydroxyl groups is 1. The van der Waals surface area contributed by atoms with E-state index < -0.39 is 4.92 Å². The summed E-state index contributed by atoms with van der Waals surface area (Å²) >= 11 is 0. The molecule has 2 rings (SSSR count). The summed E-state index contributed by atoms with van der Waals surface area (Å²) in [5.41, 5.74) is 0.516. The number of nitrogens with zero attached hydrogens (tertiary/aromatic N) is 2. The predicted octanol–water partition coefficient (Wildman–Crippen LogP) is 2.55. The monoisotopic (exact) mass is 279 g/mol. The first-order chi connectivity index (χ1) is 9.52. The molecule has 1 atom stereocenters. The molecule has 2 N–H and O–H groups in total. The van der Waals surface area contributed by atoms with Crippen molar-refractivity contribution < 1.29 is 14.4 Å². The topological polar surface area (TPSA) is 101 Å². The molecule has 0 radical (unpaired) electrons. The molecule has 1 unspecified atom stereocenters. The van der Waals surface area contributed by atoms with Gasteiger partial charge in [0.25, 0.3) is 11.7 Å². The highest BCUT2D eigenvalue weighted by Crippen LogP contribution is 2.28. The Labute approximate surface area is 115 Å². The van der Waals surface area contributed by atoms with E-state index >= 15 is 0 Å². The number of aliphatic hydroxyl groups excluding tert-OH is 1. The van der Waals surface area contributed by atoms with Gasteiger partial charge in [-0.15, -0.1) is 0 Å². The van der Waals surface area contributed by atoms with Crippen molar-refractivity contribution in [2.24, 2.45) is 5.92 Å². The van der Waals surface area contributed by atoms with E-state index in [1.54, 1.807) is 12.1 Å². The number of anilines is 1. The maximum absolute atomic E-state index is 10.9. The first kappa shape index (κ1) is 14.3. The number of hydrogen-bond acceptors (Lipinski definition) is 6. The van der Waals surface area contributed by atoms with Gasteiger partial charge in [0, 0.05) is 18.7 Å². The van der Waals surface area contributed by atoms with Crippen LogP contribution in [0.3, 0.4) is 0 Å². The molecular formula is C13H17N3O4. The highest BCUT2D eigenvalue weighted by molar-refractivity contribution is 5.84. The van der Waals surface area contributed by atoms with Crippen molar-refractivity contribution in [2.45, 2.75) is 26.3 Å². The SMILES string of the molecule is CC(C)C(CCO)Nc1nc2c([N+](=O)[O-])cccc2o1. The van der Waals surface area contributed by atoms with E-state index in [2.05, 4.69) is 10.3 Å². The van der Waals surface area contributed by atoms with Crippen LogP contribution in [0.25, 0.3) is 11.1 Å². The van der Waals surface area contributed by atoms with Crippen molar-refractivity contribution in [1.29, 1.82) is 0 Å². The summed E-state index contributed by atoms with van der Waals surface area (Å²) in [6, 6.07) is 4.82. The van der Waals surface area contributed by atoms with Gasteiger partial charge < -0.3 is 14.8 Å². The zero-order chi connectivity index (χ0) is 14.7. The lowest BCUT2D eigenvalue weighted by Gasteiger charge is -2.19. The Morgan fingerprint density at radius 3 is 2.85 bits per heavy atom. The van der Waals surface area contributed by atoms with Gasteiger partial charge >= 0.3 is 0 Å². The minimum atomic E-state index is -0.484. The Kier molecular flexibility index (Phi) is 4.19. The fourth-order valence-electron chi connectivity index (χ4n) is 2.01. The summed E-state index contributed by atoms with van der Waals surface area (Å²) in [6.45, 7) is 4.08. The van der Waals surface area contributed by atoms with E-state index in [0.29, 0.717) is 12.0 Å². The normalized spacial score (nSPS) is 12.8. The largest absolute Gasteiger partial charge is 0.423 e. The first-order valence-corrected chi connectivity index (χ1v) is 6.44. The maximum Gasteiger partial charge on any atom is 0.298 e. The lowest BCUT2D eigenvalue weighted by molar-refractivity contribution is -0.383. The number of fused-ring (bicyclic) bond motifs is 1. The molecule has 108 valence electrons. The van der Waals surface area contributed by atoms with Crippen LogP contribution in [0.1, 0.15) is 20.3 Å². The fourth-order valence-corrected chi connectivity index (χ4v) is 2.01. The molecule has 0 aliphatic heterocycles. The molecule has 0 saturated heterocycles. The van der Waals surface area contributed by atoms with Crippen molar-refractivity contribution in [3.63, 3.8) is 0 Å². The standard InChI is InChI=1S/C13H17N3O4/c1-8(2)9(6-7-17)14-13-15-12-10(16(18)19)4-3-5-11(12)20-13/h3-5,8-9,17H,6-7H2,1-2H3,(H,14,15). The van der Waals surface area contributed by atoms with Gasteiger partial charge in [0.1, 0.15) is 0 Å². The maximum atomic E-state index is 10.9. The van der Waals surface area contributed by atoms with Crippen LogP contribution in [0.15, 0.2) is 22.6 Å². The average Bonchev–Trinajstić information content (AvgIpc) is 2.79. The molecule has 1 aromatic heterocycles. The van der Waals surface area contributed by atoms with E-state index in [9.17, 15) is 10.1 Å². The van der Waals surface area contributed by atoms with E-state index in [-0.39, 0.29) is 35.8 Å². The average molecular weight is 279 g/mol. The summed E-state index contributed by atoms with van der Waals surface area (Å²) in [5, 5.41) is 23.0. The Morgan fingerprint density at radius 2 is 2.25 bits per heavy atom. The highest BCUT2D eigenvalue weighted by atomic mass is 16.6. The quantitative estimate of drug-likeness (QED) is 0.622. The molecule has 1 heterocycles. The van der Waals surface area contributed by atoms with Crippen molar-refractivity contribution in [1.82, 2.24) is 4.98 Å². The molecule has 0 aliphatic rings. The van der Waals surface area contributed by atoms with Crippen LogP contribution < -0.4 is 5.32 Å².